The summed E-state index contributed by atoms with van der Waals surface area (Å²) >= 11 is 0. The molecule has 2 aliphatic heterocycles. The van der Waals surface area contributed by atoms with Gasteiger partial charge in [-0.3, -0.25) is 9.89 Å². The molecule has 0 spiro atoms. The lowest BCUT2D eigenvalue weighted by Gasteiger charge is -2.32. The quantitative estimate of drug-likeness (QED) is 0.374. The van der Waals surface area contributed by atoms with Gasteiger partial charge in [-0.05, 0) is 51.1 Å². The molecule has 3 aliphatic rings. The third-order valence-electron chi connectivity index (χ3n) is 6.23. The highest BCUT2D eigenvalue weighted by Crippen LogP contribution is 2.26. The summed E-state index contributed by atoms with van der Waals surface area (Å²) < 4.78 is 0. The van der Waals surface area contributed by atoms with E-state index in [-0.39, 0.29) is 24.0 Å². The zero-order valence-electron chi connectivity index (χ0n) is 16.2. The molecule has 2 saturated heterocycles. The lowest BCUT2D eigenvalue weighted by Crippen LogP contribution is -2.48. The Hall–Kier alpha value is -0.0800. The van der Waals surface area contributed by atoms with E-state index in [9.17, 15) is 0 Å². The molecule has 0 amide bonds. The van der Waals surface area contributed by atoms with Crippen molar-refractivity contribution in [2.45, 2.75) is 64.0 Å². The van der Waals surface area contributed by atoms with E-state index in [1.54, 1.807) is 0 Å². The maximum atomic E-state index is 4.46. The van der Waals surface area contributed by atoms with Crippen LogP contribution in [0.5, 0.6) is 0 Å². The van der Waals surface area contributed by atoms with Gasteiger partial charge in [0, 0.05) is 45.3 Å². The molecule has 1 saturated carbocycles. The fraction of sp³-hybridized carbons (Fsp3) is 0.947. The predicted octanol–water partition coefficient (Wildman–Crippen LogP) is 2.52. The first-order chi connectivity index (χ1) is 11.8. The van der Waals surface area contributed by atoms with Gasteiger partial charge in [0.25, 0.3) is 0 Å². The average Bonchev–Trinajstić information content (AvgIpc) is 3.30. The summed E-state index contributed by atoms with van der Waals surface area (Å²) in [5.41, 5.74) is 0. The van der Waals surface area contributed by atoms with E-state index in [1.165, 1.54) is 77.7 Å². The fourth-order valence-electron chi connectivity index (χ4n) is 4.74. The Labute approximate surface area is 171 Å². The van der Waals surface area contributed by atoms with Crippen LogP contribution in [0.15, 0.2) is 4.99 Å². The number of rotatable bonds is 5. The Kier molecular flexibility index (Phi) is 9.27. The summed E-state index contributed by atoms with van der Waals surface area (Å²) in [6, 6.07) is 1.42. The molecule has 0 aromatic carbocycles. The highest BCUT2D eigenvalue weighted by atomic mass is 127. The maximum Gasteiger partial charge on any atom is 0.191 e. The van der Waals surface area contributed by atoms with Crippen LogP contribution in [0.25, 0.3) is 0 Å². The zero-order valence-corrected chi connectivity index (χ0v) is 18.5. The topological polar surface area (TPSA) is 42.9 Å². The molecule has 1 aliphatic carbocycles. The van der Waals surface area contributed by atoms with E-state index in [2.05, 4.69) is 32.3 Å². The van der Waals surface area contributed by atoms with Gasteiger partial charge in [-0.2, -0.15) is 0 Å². The van der Waals surface area contributed by atoms with E-state index >= 15 is 0 Å². The van der Waals surface area contributed by atoms with Gasteiger partial charge in [-0.25, -0.2) is 0 Å². The molecule has 0 aromatic heterocycles. The molecule has 2 unspecified atom stereocenters. The molecular weight excluding hydrogens is 425 g/mol. The van der Waals surface area contributed by atoms with Crippen LogP contribution in [-0.4, -0.2) is 74.2 Å². The van der Waals surface area contributed by atoms with Crippen LogP contribution in [0.4, 0.5) is 0 Å². The van der Waals surface area contributed by atoms with Crippen molar-refractivity contribution in [3.63, 3.8) is 0 Å². The minimum absolute atomic E-state index is 0. The number of aliphatic imine (C=N–C) groups is 1. The minimum atomic E-state index is 0. The van der Waals surface area contributed by atoms with Gasteiger partial charge in [-0.1, -0.05) is 19.8 Å². The van der Waals surface area contributed by atoms with Crippen LogP contribution in [0, 0.1) is 5.92 Å². The summed E-state index contributed by atoms with van der Waals surface area (Å²) in [6.07, 6.45) is 9.62. The van der Waals surface area contributed by atoms with Gasteiger partial charge < -0.3 is 15.5 Å². The van der Waals surface area contributed by atoms with Gasteiger partial charge in [0.15, 0.2) is 5.96 Å². The number of piperidine rings is 1. The SMILES string of the molecule is CCN1CCCC(CNC(=NC)NC2CCN(C3CCCC3)C2)C1.I. The van der Waals surface area contributed by atoms with Crippen molar-refractivity contribution in [3.8, 4) is 0 Å². The van der Waals surface area contributed by atoms with Crippen LogP contribution >= 0.6 is 24.0 Å². The van der Waals surface area contributed by atoms with Crippen molar-refractivity contribution >= 4 is 29.9 Å². The predicted molar refractivity (Wildman–Crippen MR) is 117 cm³/mol. The smallest absolute Gasteiger partial charge is 0.191 e. The molecule has 3 fully saturated rings. The van der Waals surface area contributed by atoms with Gasteiger partial charge in [0.2, 0.25) is 0 Å². The third kappa shape index (κ3) is 6.24. The minimum Gasteiger partial charge on any atom is -0.356 e. The van der Waals surface area contributed by atoms with E-state index < -0.39 is 0 Å². The third-order valence-corrected chi connectivity index (χ3v) is 6.23. The first-order valence-electron chi connectivity index (χ1n) is 10.2. The van der Waals surface area contributed by atoms with E-state index in [0.717, 1.165) is 24.5 Å². The molecule has 0 aromatic rings. The summed E-state index contributed by atoms with van der Waals surface area (Å²) in [7, 11) is 1.90. The normalized spacial score (nSPS) is 29.6. The molecule has 2 N–H and O–H groups in total. The number of halogens is 1. The van der Waals surface area contributed by atoms with Crippen molar-refractivity contribution < 1.29 is 0 Å². The molecule has 2 atom stereocenters. The highest BCUT2D eigenvalue weighted by molar-refractivity contribution is 14.0. The van der Waals surface area contributed by atoms with E-state index in [1.807, 2.05) is 7.05 Å². The number of hydrogen-bond acceptors (Lipinski definition) is 3. The number of nitrogens with zero attached hydrogens (tertiary/aromatic N) is 3. The van der Waals surface area contributed by atoms with Crippen LogP contribution < -0.4 is 10.6 Å². The average molecular weight is 463 g/mol. The number of hydrogen-bond donors (Lipinski definition) is 2. The molecule has 0 bridgehead atoms. The van der Waals surface area contributed by atoms with Crippen molar-refractivity contribution in [3.05, 3.63) is 0 Å². The Morgan fingerprint density at radius 2 is 1.84 bits per heavy atom. The second-order valence-electron chi connectivity index (χ2n) is 7.92. The van der Waals surface area contributed by atoms with Crippen molar-refractivity contribution in [1.29, 1.82) is 0 Å². The Balaban J connectivity index is 0.00000225. The first-order valence-corrected chi connectivity index (χ1v) is 10.2. The molecule has 6 heteroatoms. The Bertz CT molecular complexity index is 411. The monoisotopic (exact) mass is 463 g/mol. The molecule has 2 heterocycles. The Morgan fingerprint density at radius 1 is 1.04 bits per heavy atom. The standard InChI is InChI=1S/C19H37N5.HI/c1-3-23-11-6-7-16(14-23)13-21-19(20-2)22-17-10-12-24(15-17)18-8-4-5-9-18;/h16-18H,3-15H2,1-2H3,(H2,20,21,22);1H. The van der Waals surface area contributed by atoms with Crippen LogP contribution in [0.1, 0.15) is 51.9 Å². The number of guanidine groups is 1. The summed E-state index contributed by atoms with van der Waals surface area (Å²) in [6.45, 7) is 9.47. The lowest BCUT2D eigenvalue weighted by molar-refractivity contribution is 0.183. The molecule has 3 rings (SSSR count). The number of nitrogens with one attached hydrogen (secondary N) is 2. The molecule has 146 valence electrons. The zero-order chi connectivity index (χ0) is 16.8. The van der Waals surface area contributed by atoms with Crippen LogP contribution in [0.3, 0.4) is 0 Å². The molecule has 5 nitrogen and oxygen atoms in total. The van der Waals surface area contributed by atoms with Crippen molar-refractivity contribution in [2.24, 2.45) is 10.9 Å². The van der Waals surface area contributed by atoms with Gasteiger partial charge >= 0.3 is 0 Å². The van der Waals surface area contributed by atoms with Crippen molar-refractivity contribution in [1.82, 2.24) is 20.4 Å². The van der Waals surface area contributed by atoms with E-state index in [4.69, 9.17) is 0 Å². The van der Waals surface area contributed by atoms with Crippen molar-refractivity contribution in [2.75, 3.05) is 46.3 Å². The second-order valence-corrected chi connectivity index (χ2v) is 7.92. The van der Waals surface area contributed by atoms with Crippen LogP contribution in [0.2, 0.25) is 0 Å². The van der Waals surface area contributed by atoms with Gasteiger partial charge in [0.05, 0.1) is 0 Å². The summed E-state index contributed by atoms with van der Waals surface area (Å²) in [4.78, 5) is 9.74. The lowest BCUT2D eigenvalue weighted by atomic mass is 9.98. The number of likely N-dealkylation sites (tertiary alicyclic amines) is 2. The summed E-state index contributed by atoms with van der Waals surface area (Å²) in [5.74, 6) is 1.76. The molecular formula is C19H38IN5. The van der Waals surface area contributed by atoms with Crippen LogP contribution in [-0.2, 0) is 0 Å². The Morgan fingerprint density at radius 3 is 2.56 bits per heavy atom. The first kappa shape index (κ1) is 21.2. The van der Waals surface area contributed by atoms with Gasteiger partial charge in [0.1, 0.15) is 0 Å². The molecule has 25 heavy (non-hydrogen) atoms. The van der Waals surface area contributed by atoms with E-state index in [0.29, 0.717) is 6.04 Å². The summed E-state index contributed by atoms with van der Waals surface area (Å²) in [5, 5.41) is 7.26. The molecule has 0 radical (unpaired) electrons. The van der Waals surface area contributed by atoms with Gasteiger partial charge in [-0.15, -0.1) is 24.0 Å². The largest absolute Gasteiger partial charge is 0.356 e. The highest BCUT2D eigenvalue weighted by Gasteiger charge is 2.30. The maximum absolute atomic E-state index is 4.46. The second kappa shape index (κ2) is 10.9. The fourth-order valence-corrected chi connectivity index (χ4v) is 4.74.